The lowest BCUT2D eigenvalue weighted by molar-refractivity contribution is -0.121. The van der Waals surface area contributed by atoms with E-state index in [1.165, 1.54) is 12.0 Å². The second-order valence-electron chi connectivity index (χ2n) is 6.96. The Kier molecular flexibility index (Phi) is 4.97. The molecule has 0 aliphatic carbocycles. The summed E-state index contributed by atoms with van der Waals surface area (Å²) < 4.78 is 2.15. The number of nitrogens with zero attached hydrogens (tertiary/aromatic N) is 2. The van der Waals surface area contributed by atoms with Gasteiger partial charge in [-0.25, -0.2) is 4.98 Å². The summed E-state index contributed by atoms with van der Waals surface area (Å²) in [4.78, 5) is 16.5. The lowest BCUT2D eigenvalue weighted by atomic mass is 10.1. The summed E-state index contributed by atoms with van der Waals surface area (Å²) in [7, 11) is 0. The van der Waals surface area contributed by atoms with Crippen molar-refractivity contribution in [2.24, 2.45) is 0 Å². The summed E-state index contributed by atoms with van der Waals surface area (Å²) in [5.74, 6) is 0.121. The molecule has 5 nitrogen and oxygen atoms in total. The maximum atomic E-state index is 12.1. The van der Waals surface area contributed by atoms with Crippen molar-refractivity contribution in [3.05, 3.63) is 66.0 Å². The number of fused-ring (bicyclic) bond motifs is 1. The standard InChI is InChI=1S/C21H24N4O/c26-21(12-18-7-4-10-22-18)23-13-16-5-3-6-17(11-16)14-25-15-24-19-8-1-2-9-20(19)25/h1-3,5-6,8-9,11,15,18,22H,4,7,10,12-14H2,(H,23,26). The third-order valence-electron chi connectivity index (χ3n) is 4.96. The molecule has 0 spiro atoms. The van der Waals surface area contributed by atoms with Gasteiger partial charge in [-0.2, -0.15) is 0 Å². The van der Waals surface area contributed by atoms with E-state index >= 15 is 0 Å². The van der Waals surface area contributed by atoms with E-state index in [2.05, 4.69) is 50.5 Å². The van der Waals surface area contributed by atoms with Crippen LogP contribution in [0.15, 0.2) is 54.9 Å². The number of aromatic nitrogens is 2. The zero-order valence-corrected chi connectivity index (χ0v) is 14.8. The predicted molar refractivity (Wildman–Crippen MR) is 103 cm³/mol. The Hall–Kier alpha value is -2.66. The van der Waals surface area contributed by atoms with Crippen LogP contribution < -0.4 is 10.6 Å². The number of nitrogens with one attached hydrogen (secondary N) is 2. The van der Waals surface area contributed by atoms with Gasteiger partial charge in [0.2, 0.25) is 5.91 Å². The van der Waals surface area contributed by atoms with Gasteiger partial charge in [-0.3, -0.25) is 4.79 Å². The van der Waals surface area contributed by atoms with E-state index in [0.717, 1.165) is 36.1 Å². The van der Waals surface area contributed by atoms with Crippen molar-refractivity contribution in [1.29, 1.82) is 0 Å². The molecule has 1 amide bonds. The van der Waals surface area contributed by atoms with Crippen molar-refractivity contribution < 1.29 is 4.79 Å². The molecule has 26 heavy (non-hydrogen) atoms. The summed E-state index contributed by atoms with van der Waals surface area (Å²) in [5.41, 5.74) is 4.48. The van der Waals surface area contributed by atoms with E-state index in [-0.39, 0.29) is 5.91 Å². The van der Waals surface area contributed by atoms with E-state index < -0.39 is 0 Å². The van der Waals surface area contributed by atoms with Crippen LogP contribution in [0.25, 0.3) is 11.0 Å². The molecule has 1 aliphatic rings. The summed E-state index contributed by atoms with van der Waals surface area (Å²) >= 11 is 0. The third-order valence-corrected chi connectivity index (χ3v) is 4.96. The summed E-state index contributed by atoms with van der Waals surface area (Å²) in [6.45, 7) is 2.38. The molecule has 1 unspecified atom stereocenters. The fourth-order valence-electron chi connectivity index (χ4n) is 3.60. The fraction of sp³-hybridized carbons (Fsp3) is 0.333. The van der Waals surface area contributed by atoms with Crippen molar-refractivity contribution in [3.8, 4) is 0 Å². The Labute approximate surface area is 153 Å². The number of carbonyl (C=O) groups excluding carboxylic acids is 1. The second-order valence-corrected chi connectivity index (χ2v) is 6.96. The number of hydrogen-bond acceptors (Lipinski definition) is 3. The number of rotatable bonds is 6. The first-order valence-electron chi connectivity index (χ1n) is 9.26. The normalized spacial score (nSPS) is 16.8. The van der Waals surface area contributed by atoms with Crippen LogP contribution in [0.3, 0.4) is 0 Å². The molecule has 1 aromatic heterocycles. The van der Waals surface area contributed by atoms with Crippen LogP contribution in [0.2, 0.25) is 0 Å². The maximum absolute atomic E-state index is 12.1. The first kappa shape index (κ1) is 16.8. The Bertz CT molecular complexity index is 896. The smallest absolute Gasteiger partial charge is 0.221 e. The van der Waals surface area contributed by atoms with Crippen LogP contribution in [0.5, 0.6) is 0 Å². The van der Waals surface area contributed by atoms with Gasteiger partial charge < -0.3 is 15.2 Å². The molecular weight excluding hydrogens is 324 g/mol. The van der Waals surface area contributed by atoms with Gasteiger partial charge >= 0.3 is 0 Å². The van der Waals surface area contributed by atoms with Crippen LogP contribution >= 0.6 is 0 Å². The largest absolute Gasteiger partial charge is 0.352 e. The van der Waals surface area contributed by atoms with Crippen molar-refractivity contribution in [2.75, 3.05) is 6.54 Å². The molecule has 1 atom stereocenters. The molecule has 2 aromatic carbocycles. The van der Waals surface area contributed by atoms with Crippen molar-refractivity contribution in [2.45, 2.75) is 38.4 Å². The van der Waals surface area contributed by atoms with Crippen molar-refractivity contribution in [3.63, 3.8) is 0 Å². The molecule has 5 heteroatoms. The quantitative estimate of drug-likeness (QED) is 0.720. The maximum Gasteiger partial charge on any atom is 0.221 e. The molecule has 134 valence electrons. The Balaban J connectivity index is 1.38. The first-order valence-corrected chi connectivity index (χ1v) is 9.26. The lowest BCUT2D eigenvalue weighted by Gasteiger charge is -2.11. The average Bonchev–Trinajstić information content (AvgIpc) is 3.31. The monoisotopic (exact) mass is 348 g/mol. The molecule has 0 saturated carbocycles. The lowest BCUT2D eigenvalue weighted by Crippen LogP contribution is -2.31. The van der Waals surface area contributed by atoms with Gasteiger partial charge in [0.25, 0.3) is 0 Å². The van der Waals surface area contributed by atoms with Crippen LogP contribution in [0.1, 0.15) is 30.4 Å². The fourth-order valence-corrected chi connectivity index (χ4v) is 3.60. The van der Waals surface area contributed by atoms with Gasteiger partial charge in [0, 0.05) is 25.6 Å². The van der Waals surface area contributed by atoms with Crippen molar-refractivity contribution >= 4 is 16.9 Å². The molecule has 0 radical (unpaired) electrons. The Morgan fingerprint density at radius 2 is 2.08 bits per heavy atom. The van der Waals surface area contributed by atoms with Crippen LogP contribution in [0, 0.1) is 0 Å². The number of hydrogen-bond donors (Lipinski definition) is 2. The van der Waals surface area contributed by atoms with E-state index in [0.29, 0.717) is 19.0 Å². The van der Waals surface area contributed by atoms with Crippen molar-refractivity contribution in [1.82, 2.24) is 20.2 Å². The Morgan fingerprint density at radius 1 is 1.19 bits per heavy atom. The minimum Gasteiger partial charge on any atom is -0.352 e. The van der Waals surface area contributed by atoms with E-state index in [1.807, 2.05) is 24.5 Å². The number of para-hydroxylation sites is 2. The molecule has 3 aromatic rings. The SMILES string of the molecule is O=C(CC1CCCN1)NCc1cccc(Cn2cnc3ccccc32)c1. The van der Waals surface area contributed by atoms with E-state index in [9.17, 15) is 4.79 Å². The number of carbonyl (C=O) groups is 1. The number of imidazole rings is 1. The zero-order chi connectivity index (χ0) is 17.8. The predicted octanol–water partition coefficient (Wildman–Crippen LogP) is 2.84. The van der Waals surface area contributed by atoms with Gasteiger partial charge in [0.15, 0.2) is 0 Å². The van der Waals surface area contributed by atoms with E-state index in [1.54, 1.807) is 0 Å². The summed E-state index contributed by atoms with van der Waals surface area (Å²) in [5, 5.41) is 6.41. The van der Waals surface area contributed by atoms with Gasteiger partial charge in [-0.05, 0) is 42.6 Å². The summed E-state index contributed by atoms with van der Waals surface area (Å²) in [6.07, 6.45) is 4.72. The van der Waals surface area contributed by atoms with Crippen LogP contribution in [-0.2, 0) is 17.9 Å². The minimum absolute atomic E-state index is 0.121. The summed E-state index contributed by atoms with van der Waals surface area (Å²) in [6, 6.07) is 16.9. The van der Waals surface area contributed by atoms with Crippen LogP contribution in [0.4, 0.5) is 0 Å². The molecular formula is C21H24N4O. The van der Waals surface area contributed by atoms with Gasteiger partial charge in [0.1, 0.15) is 0 Å². The highest BCUT2D eigenvalue weighted by molar-refractivity contribution is 5.76. The van der Waals surface area contributed by atoms with Gasteiger partial charge in [-0.1, -0.05) is 36.4 Å². The van der Waals surface area contributed by atoms with Crippen LogP contribution in [-0.4, -0.2) is 28.0 Å². The topological polar surface area (TPSA) is 59.0 Å². The molecule has 4 rings (SSSR count). The third kappa shape index (κ3) is 3.94. The molecule has 1 fully saturated rings. The zero-order valence-electron chi connectivity index (χ0n) is 14.8. The highest BCUT2D eigenvalue weighted by Crippen LogP contribution is 2.15. The molecule has 2 N–H and O–H groups in total. The van der Waals surface area contributed by atoms with E-state index in [4.69, 9.17) is 0 Å². The number of amides is 1. The van der Waals surface area contributed by atoms with Gasteiger partial charge in [0.05, 0.1) is 17.4 Å². The molecule has 1 aliphatic heterocycles. The molecule has 1 saturated heterocycles. The minimum atomic E-state index is 0.121. The highest BCUT2D eigenvalue weighted by atomic mass is 16.1. The second kappa shape index (κ2) is 7.70. The highest BCUT2D eigenvalue weighted by Gasteiger charge is 2.17. The first-order chi connectivity index (χ1) is 12.8. The molecule has 0 bridgehead atoms. The van der Waals surface area contributed by atoms with Gasteiger partial charge in [-0.15, -0.1) is 0 Å². The number of benzene rings is 2. The Morgan fingerprint density at radius 3 is 2.96 bits per heavy atom. The molecule has 2 heterocycles. The average molecular weight is 348 g/mol.